The molecular formula is C38H39NO10. The van der Waals surface area contributed by atoms with Crippen LogP contribution in [-0.4, -0.2) is 82.2 Å². The Morgan fingerprint density at radius 1 is 0.653 bits per heavy atom. The maximum atomic E-state index is 11.2. The first-order valence-electron chi connectivity index (χ1n) is 16.3. The lowest BCUT2D eigenvalue weighted by atomic mass is 9.92. The van der Waals surface area contributed by atoms with Gasteiger partial charge in [-0.15, -0.1) is 0 Å². The fraction of sp³-hybridized carbons (Fsp3) is 0.316. The molecule has 0 fully saturated rings. The van der Waals surface area contributed by atoms with Gasteiger partial charge in [0.05, 0.1) is 64.4 Å². The van der Waals surface area contributed by atoms with Gasteiger partial charge in [-0.2, -0.15) is 0 Å². The summed E-state index contributed by atoms with van der Waals surface area (Å²) < 4.78 is 42.0. The maximum Gasteiger partial charge on any atom is 0.270 e. The lowest BCUT2D eigenvalue weighted by Gasteiger charge is -2.20. The number of hydrogen-bond acceptors (Lipinski definition) is 10. The fourth-order valence-corrected chi connectivity index (χ4v) is 5.70. The van der Waals surface area contributed by atoms with Gasteiger partial charge in [0.25, 0.3) is 5.69 Å². The predicted molar refractivity (Wildman–Crippen MR) is 184 cm³/mol. The van der Waals surface area contributed by atoms with Crippen LogP contribution >= 0.6 is 0 Å². The molecule has 0 aliphatic carbocycles. The number of nitro groups is 1. The summed E-state index contributed by atoms with van der Waals surface area (Å²) in [5.41, 5.74) is 2.08. The van der Waals surface area contributed by atoms with Gasteiger partial charge in [-0.05, 0) is 39.7 Å². The first-order valence-corrected chi connectivity index (χ1v) is 16.3. The average Bonchev–Trinajstić information content (AvgIpc) is 3.12. The van der Waals surface area contributed by atoms with E-state index in [0.717, 1.165) is 44.2 Å². The Balaban J connectivity index is 1.17. The van der Waals surface area contributed by atoms with Crippen molar-refractivity contribution in [3.05, 3.63) is 107 Å². The molecule has 0 atom stereocenters. The third-order valence-electron chi connectivity index (χ3n) is 8.10. The highest BCUT2D eigenvalue weighted by Gasteiger charge is 2.20. The van der Waals surface area contributed by atoms with E-state index in [0.29, 0.717) is 58.4 Å². The monoisotopic (exact) mass is 669 g/mol. The van der Waals surface area contributed by atoms with E-state index >= 15 is 0 Å². The topological polar surface area (TPSA) is 128 Å². The Bertz CT molecular complexity index is 1760. The van der Waals surface area contributed by atoms with E-state index in [1.165, 1.54) is 18.2 Å². The molecule has 0 aromatic heterocycles. The zero-order valence-corrected chi connectivity index (χ0v) is 27.1. The van der Waals surface area contributed by atoms with Crippen molar-refractivity contribution in [3.8, 4) is 28.4 Å². The van der Waals surface area contributed by atoms with E-state index in [4.69, 9.17) is 33.2 Å². The summed E-state index contributed by atoms with van der Waals surface area (Å²) in [5, 5.41) is 25.7. The molecule has 0 unspecified atom stereocenters. The lowest BCUT2D eigenvalue weighted by molar-refractivity contribution is -0.385. The van der Waals surface area contributed by atoms with Crippen LogP contribution in [0.25, 0.3) is 32.7 Å². The molecule has 0 radical (unpaired) electrons. The van der Waals surface area contributed by atoms with Crippen LogP contribution in [-0.2, 0) is 30.3 Å². The van der Waals surface area contributed by atoms with E-state index in [-0.39, 0.29) is 31.3 Å². The number of rotatable bonds is 4. The highest BCUT2D eigenvalue weighted by atomic mass is 16.6. The molecule has 1 aliphatic rings. The number of ether oxygens (including phenoxy) is 7. The molecule has 0 saturated carbocycles. The molecule has 5 aromatic carbocycles. The molecule has 1 aliphatic heterocycles. The quantitative estimate of drug-likeness (QED) is 0.163. The zero-order valence-electron chi connectivity index (χ0n) is 27.1. The van der Waals surface area contributed by atoms with E-state index in [9.17, 15) is 15.2 Å². The van der Waals surface area contributed by atoms with E-state index in [1.54, 1.807) is 0 Å². The molecule has 11 heteroatoms. The first kappa shape index (κ1) is 34.1. The normalized spacial score (nSPS) is 16.1. The van der Waals surface area contributed by atoms with Crippen molar-refractivity contribution < 1.29 is 43.2 Å². The van der Waals surface area contributed by atoms with Crippen LogP contribution in [0.5, 0.6) is 17.2 Å². The van der Waals surface area contributed by atoms with Crippen LogP contribution in [0, 0.1) is 10.1 Å². The number of non-ortho nitro benzene ring substituents is 1. The summed E-state index contributed by atoms with van der Waals surface area (Å²) in [6.07, 6.45) is -0.503. The van der Waals surface area contributed by atoms with Gasteiger partial charge in [0.1, 0.15) is 36.6 Å². The van der Waals surface area contributed by atoms with Crippen LogP contribution in [0.4, 0.5) is 5.69 Å². The van der Waals surface area contributed by atoms with Crippen LogP contribution in [0.2, 0.25) is 0 Å². The summed E-state index contributed by atoms with van der Waals surface area (Å²) in [4.78, 5) is 10.7. The number of aromatic hydroxyl groups is 1. The summed E-state index contributed by atoms with van der Waals surface area (Å²) in [6, 6.07) is 28.4. The highest BCUT2D eigenvalue weighted by Crippen LogP contribution is 2.45. The minimum absolute atomic E-state index is 0.0555. The van der Waals surface area contributed by atoms with Gasteiger partial charge in [-0.3, -0.25) is 10.1 Å². The molecule has 6 rings (SSSR count). The molecule has 49 heavy (non-hydrogen) atoms. The van der Waals surface area contributed by atoms with Crippen molar-refractivity contribution in [2.45, 2.75) is 12.7 Å². The smallest absolute Gasteiger partial charge is 0.270 e. The van der Waals surface area contributed by atoms with Crippen molar-refractivity contribution >= 4 is 27.2 Å². The van der Waals surface area contributed by atoms with Gasteiger partial charge in [-0.25, -0.2) is 0 Å². The largest absolute Gasteiger partial charge is 0.508 e. The van der Waals surface area contributed by atoms with Gasteiger partial charge >= 0.3 is 0 Å². The second kappa shape index (κ2) is 17.0. The van der Waals surface area contributed by atoms with E-state index in [1.807, 2.05) is 36.4 Å². The minimum atomic E-state index is -0.519. The van der Waals surface area contributed by atoms with Crippen molar-refractivity contribution in [1.82, 2.24) is 0 Å². The molecule has 0 saturated heterocycles. The van der Waals surface area contributed by atoms with E-state index < -0.39 is 11.0 Å². The van der Waals surface area contributed by atoms with Crippen molar-refractivity contribution in [2.75, 3.05) is 66.1 Å². The van der Waals surface area contributed by atoms with Gasteiger partial charge < -0.3 is 38.3 Å². The third-order valence-corrected chi connectivity index (χ3v) is 8.10. The molecule has 1 heterocycles. The van der Waals surface area contributed by atoms with Gasteiger partial charge in [0.2, 0.25) is 0 Å². The van der Waals surface area contributed by atoms with Crippen LogP contribution in [0.15, 0.2) is 91.0 Å². The van der Waals surface area contributed by atoms with Gasteiger partial charge in [-0.1, -0.05) is 60.7 Å². The SMILES string of the molecule is O=[N+]([O-])c1ccc(O)c(COC2COCCOCCOc3ccc4ccccc4c3-c3c(ccc4ccccc34)OCCOCCOC2)c1. The Morgan fingerprint density at radius 3 is 1.71 bits per heavy atom. The molecule has 0 amide bonds. The third kappa shape index (κ3) is 8.83. The average molecular weight is 670 g/mol. The fourth-order valence-electron chi connectivity index (χ4n) is 5.70. The molecule has 256 valence electrons. The highest BCUT2D eigenvalue weighted by molar-refractivity contribution is 6.09. The maximum absolute atomic E-state index is 11.2. The minimum Gasteiger partial charge on any atom is -0.508 e. The second-order valence-corrected chi connectivity index (χ2v) is 11.4. The summed E-state index contributed by atoms with van der Waals surface area (Å²) in [5.74, 6) is 1.37. The summed E-state index contributed by atoms with van der Waals surface area (Å²) in [6.45, 7) is 2.96. The Labute approximate surface area is 284 Å². The number of benzene rings is 5. The van der Waals surface area contributed by atoms with Crippen molar-refractivity contribution in [3.63, 3.8) is 0 Å². The number of nitrogens with zero attached hydrogens (tertiary/aromatic N) is 1. The Hall–Kier alpha value is -4.78. The number of fused-ring (bicyclic) bond motifs is 7. The van der Waals surface area contributed by atoms with Gasteiger partial charge in [0.15, 0.2) is 0 Å². The number of nitro benzene ring substituents is 1. The van der Waals surface area contributed by atoms with E-state index in [2.05, 4.69) is 36.4 Å². The predicted octanol–water partition coefficient (Wildman–Crippen LogP) is 6.70. The summed E-state index contributed by atoms with van der Waals surface area (Å²) in [7, 11) is 0. The lowest BCUT2D eigenvalue weighted by Crippen LogP contribution is -2.27. The second-order valence-electron chi connectivity index (χ2n) is 11.4. The van der Waals surface area contributed by atoms with Crippen molar-refractivity contribution in [1.29, 1.82) is 0 Å². The molecule has 11 nitrogen and oxygen atoms in total. The van der Waals surface area contributed by atoms with Crippen LogP contribution in [0.1, 0.15) is 5.56 Å². The molecule has 1 N–H and O–H groups in total. The first-order chi connectivity index (χ1) is 24.1. The van der Waals surface area contributed by atoms with Gasteiger partial charge in [0, 0.05) is 28.8 Å². The molecular weight excluding hydrogens is 630 g/mol. The zero-order chi connectivity index (χ0) is 33.8. The summed E-state index contributed by atoms with van der Waals surface area (Å²) >= 11 is 0. The molecule has 0 bridgehead atoms. The van der Waals surface area contributed by atoms with Crippen LogP contribution in [0.3, 0.4) is 0 Å². The Kier molecular flexibility index (Phi) is 11.9. The number of hydrogen-bond donors (Lipinski definition) is 1. The van der Waals surface area contributed by atoms with Crippen LogP contribution < -0.4 is 9.47 Å². The standard InChI is InChI=1S/C38H39NO10/c40-34-12-11-30(39(41)42)23-29(34)24-49-31-25-45-17-15-43-19-21-47-35-13-9-27-5-1-3-7-32(27)37(35)38-33-8-4-2-6-28(33)10-14-36(38)48-22-20-44-16-18-46-26-31/h1-14,23,31,40H,15-22,24-26H2. The Morgan fingerprint density at radius 2 is 1.16 bits per heavy atom. The number of phenolic OH excluding ortho intramolecular Hbond substituents is 1. The molecule has 5 aromatic rings. The molecule has 0 spiro atoms. The number of phenols is 1. The van der Waals surface area contributed by atoms with Crippen molar-refractivity contribution in [2.24, 2.45) is 0 Å².